The molecule has 0 bridgehead atoms. The van der Waals surface area contributed by atoms with Gasteiger partial charge in [-0.1, -0.05) is 48.0 Å². The molecule has 0 saturated carbocycles. The Morgan fingerprint density at radius 2 is 1.95 bits per heavy atom. The normalized spacial score (nSPS) is 14.5. The highest BCUT2D eigenvalue weighted by Gasteiger charge is 2.34. The highest BCUT2D eigenvalue weighted by Crippen LogP contribution is 2.38. The van der Waals surface area contributed by atoms with Crippen LogP contribution in [0.1, 0.15) is 41.2 Å². The van der Waals surface area contributed by atoms with E-state index in [1.165, 1.54) is 24.1 Å². The van der Waals surface area contributed by atoms with E-state index in [1.807, 2.05) is 25.1 Å². The van der Waals surface area contributed by atoms with E-state index in [0.717, 1.165) is 11.3 Å². The van der Waals surface area contributed by atoms with Crippen molar-refractivity contribution in [3.05, 3.63) is 118 Å². The Morgan fingerprint density at radius 3 is 2.62 bits per heavy atom. The molecule has 4 aromatic rings. The molecule has 1 N–H and O–H groups in total. The maximum atomic E-state index is 13.7. The van der Waals surface area contributed by atoms with Gasteiger partial charge in [-0.2, -0.15) is 5.10 Å². The van der Waals surface area contributed by atoms with Crippen LogP contribution < -0.4 is 5.32 Å². The number of carbonyl (C=O) groups is 1. The predicted octanol–water partition coefficient (Wildman–Crippen LogP) is 7.16. The van der Waals surface area contributed by atoms with Gasteiger partial charge >= 0.3 is 6.09 Å². The lowest BCUT2D eigenvalue weighted by molar-refractivity contribution is 0.142. The smallest absolute Gasteiger partial charge is 0.414 e. The monoisotopic (exact) mass is 577 g/mol. The quantitative estimate of drug-likeness (QED) is 0.263. The third kappa shape index (κ3) is 5.46. The van der Waals surface area contributed by atoms with Gasteiger partial charge < -0.3 is 10.1 Å². The molecule has 40 heavy (non-hydrogen) atoms. The van der Waals surface area contributed by atoms with Crippen LogP contribution in [0.5, 0.6) is 0 Å². The zero-order valence-electron chi connectivity index (χ0n) is 21.9. The van der Waals surface area contributed by atoms with Crippen molar-refractivity contribution in [2.24, 2.45) is 0 Å². The molecule has 7 nitrogen and oxygen atoms in total. The van der Waals surface area contributed by atoms with E-state index in [2.05, 4.69) is 16.9 Å². The number of aromatic nitrogens is 3. The Kier molecular flexibility index (Phi) is 7.91. The lowest BCUT2D eigenvalue weighted by Crippen LogP contribution is -2.35. The van der Waals surface area contributed by atoms with Gasteiger partial charge in [0.2, 0.25) is 0 Å². The van der Waals surface area contributed by atoms with E-state index >= 15 is 0 Å². The zero-order valence-corrected chi connectivity index (χ0v) is 23.4. The summed E-state index contributed by atoms with van der Waals surface area (Å²) in [5.41, 5.74) is 5.34. The van der Waals surface area contributed by atoms with E-state index < -0.39 is 6.09 Å². The van der Waals surface area contributed by atoms with E-state index in [4.69, 9.17) is 33.0 Å². The third-order valence-electron chi connectivity index (χ3n) is 6.62. The molecular formula is C30H26Cl2FN5O2. The number of fused-ring (bicyclic) bond motifs is 1. The van der Waals surface area contributed by atoms with Gasteiger partial charge in [0, 0.05) is 23.3 Å². The Labute approximate surface area is 241 Å². The van der Waals surface area contributed by atoms with Gasteiger partial charge in [-0.25, -0.2) is 13.9 Å². The highest BCUT2D eigenvalue weighted by atomic mass is 35.5. The third-order valence-corrected chi connectivity index (χ3v) is 7.15. The number of carbonyl (C=O) groups excluding carboxylic acids is 1. The van der Waals surface area contributed by atoms with Crippen molar-refractivity contribution in [2.75, 3.05) is 13.7 Å². The standard InChI is InChI=1S/C30H26Cl2FN5O2/c1-18(25-6-4-5-14-34-25)35-19(2)28-23-13-15-37(30(39)40-3)27(16-20-7-10-22(33)11-8-20)29(23)38(36-28)26-12-9-21(31)17-24(26)32/h4-12,14,16-18,35H,2,13,15H2,1,3H3/b27-16-. The second-order valence-corrected chi connectivity index (χ2v) is 10.1. The molecule has 0 radical (unpaired) electrons. The van der Waals surface area contributed by atoms with Crippen LogP contribution in [0.2, 0.25) is 10.0 Å². The molecule has 0 spiro atoms. The minimum atomic E-state index is -0.531. The van der Waals surface area contributed by atoms with Crippen molar-refractivity contribution < 1.29 is 13.9 Å². The van der Waals surface area contributed by atoms with Crippen LogP contribution in [-0.2, 0) is 11.2 Å². The van der Waals surface area contributed by atoms with Crippen LogP contribution in [0, 0.1) is 5.82 Å². The number of halogens is 3. The van der Waals surface area contributed by atoms with E-state index in [9.17, 15) is 9.18 Å². The first-order chi connectivity index (χ1) is 19.3. The number of amides is 1. The summed E-state index contributed by atoms with van der Waals surface area (Å²) in [4.78, 5) is 18.9. The lowest BCUT2D eigenvalue weighted by atomic mass is 9.98. The van der Waals surface area contributed by atoms with E-state index in [0.29, 0.717) is 57.0 Å². The Balaban J connectivity index is 1.69. The Morgan fingerprint density at radius 1 is 1.18 bits per heavy atom. The topological polar surface area (TPSA) is 72.3 Å². The number of methoxy groups -OCH3 is 1. The minimum Gasteiger partial charge on any atom is -0.452 e. The fourth-order valence-corrected chi connectivity index (χ4v) is 5.18. The molecule has 10 heteroatoms. The first kappa shape index (κ1) is 27.4. The molecular weight excluding hydrogens is 552 g/mol. The average molecular weight is 578 g/mol. The maximum absolute atomic E-state index is 13.7. The van der Waals surface area contributed by atoms with Gasteiger partial charge in [0.05, 0.1) is 46.6 Å². The molecule has 1 unspecified atom stereocenters. The van der Waals surface area contributed by atoms with Gasteiger partial charge in [-0.3, -0.25) is 9.88 Å². The lowest BCUT2D eigenvalue weighted by Gasteiger charge is -2.30. The highest BCUT2D eigenvalue weighted by molar-refractivity contribution is 6.35. The number of nitrogens with one attached hydrogen (secondary N) is 1. The summed E-state index contributed by atoms with van der Waals surface area (Å²) < 4.78 is 20.5. The van der Waals surface area contributed by atoms with Crippen molar-refractivity contribution in [3.63, 3.8) is 0 Å². The van der Waals surface area contributed by atoms with Crippen LogP contribution in [0.3, 0.4) is 0 Å². The van der Waals surface area contributed by atoms with Crippen LogP contribution in [-0.4, -0.2) is 39.4 Å². The zero-order chi connectivity index (χ0) is 28.4. The molecule has 1 aliphatic rings. The summed E-state index contributed by atoms with van der Waals surface area (Å²) in [5, 5.41) is 9.22. The molecule has 0 saturated heterocycles. The summed E-state index contributed by atoms with van der Waals surface area (Å²) in [7, 11) is 1.33. The van der Waals surface area contributed by atoms with E-state index in [-0.39, 0.29) is 11.9 Å². The van der Waals surface area contributed by atoms with Crippen LogP contribution in [0.25, 0.3) is 23.2 Å². The fraction of sp³-hybridized carbons (Fsp3) is 0.167. The maximum Gasteiger partial charge on any atom is 0.414 e. The van der Waals surface area contributed by atoms with Crippen LogP contribution >= 0.6 is 23.2 Å². The number of benzene rings is 2. The van der Waals surface area contributed by atoms with Gasteiger partial charge in [0.25, 0.3) is 0 Å². The molecule has 0 aliphatic carbocycles. The van der Waals surface area contributed by atoms with Gasteiger partial charge in [0.1, 0.15) is 11.5 Å². The summed E-state index contributed by atoms with van der Waals surface area (Å²) in [6.07, 6.45) is 3.48. The number of rotatable bonds is 6. The Hall–Kier alpha value is -4.14. The Bertz CT molecular complexity index is 1600. The number of hydrogen-bond donors (Lipinski definition) is 1. The minimum absolute atomic E-state index is 0.141. The predicted molar refractivity (Wildman–Crippen MR) is 155 cm³/mol. The van der Waals surface area contributed by atoms with Crippen molar-refractivity contribution in [3.8, 4) is 5.69 Å². The average Bonchev–Trinajstić information content (AvgIpc) is 3.34. The molecule has 2 aromatic carbocycles. The van der Waals surface area contributed by atoms with Gasteiger partial charge in [-0.05, 0) is 67.4 Å². The fourth-order valence-electron chi connectivity index (χ4n) is 4.69. The van der Waals surface area contributed by atoms with Crippen LogP contribution in [0.4, 0.5) is 9.18 Å². The summed E-state index contributed by atoms with van der Waals surface area (Å²) >= 11 is 12.8. The summed E-state index contributed by atoms with van der Waals surface area (Å²) in [6.45, 7) is 6.62. The molecule has 1 amide bonds. The molecule has 5 rings (SSSR count). The first-order valence-electron chi connectivity index (χ1n) is 12.5. The van der Waals surface area contributed by atoms with Gasteiger partial charge in [-0.15, -0.1) is 0 Å². The number of ether oxygens (including phenoxy) is 1. The van der Waals surface area contributed by atoms with Crippen molar-refractivity contribution in [1.29, 1.82) is 0 Å². The second kappa shape index (κ2) is 11.5. The van der Waals surface area contributed by atoms with Crippen molar-refractivity contribution >= 4 is 46.8 Å². The molecule has 0 fully saturated rings. The van der Waals surface area contributed by atoms with Crippen LogP contribution in [0.15, 0.2) is 73.4 Å². The second-order valence-electron chi connectivity index (χ2n) is 9.24. The van der Waals surface area contributed by atoms with E-state index in [1.54, 1.807) is 47.3 Å². The van der Waals surface area contributed by atoms with Crippen molar-refractivity contribution in [1.82, 2.24) is 25.0 Å². The molecule has 1 atom stereocenters. The van der Waals surface area contributed by atoms with Gasteiger partial charge in [0.15, 0.2) is 0 Å². The number of hydrogen-bond acceptors (Lipinski definition) is 5. The molecule has 204 valence electrons. The summed E-state index contributed by atoms with van der Waals surface area (Å²) in [5.74, 6) is -0.360. The summed E-state index contributed by atoms with van der Waals surface area (Å²) in [6, 6.07) is 16.7. The number of nitrogens with zero attached hydrogens (tertiary/aromatic N) is 4. The first-order valence-corrected chi connectivity index (χ1v) is 13.3. The number of pyridine rings is 1. The molecule has 1 aliphatic heterocycles. The largest absolute Gasteiger partial charge is 0.452 e. The van der Waals surface area contributed by atoms with Crippen molar-refractivity contribution in [2.45, 2.75) is 19.4 Å². The molecule has 3 heterocycles. The molecule has 2 aromatic heterocycles. The SMILES string of the molecule is C=C(NC(C)c1ccccn1)c1nn(-c2ccc(Cl)cc2Cl)c2c1CCN(C(=O)OC)/C2=C\c1ccc(F)cc1.